The highest BCUT2D eigenvalue weighted by molar-refractivity contribution is 6.04. The smallest absolute Gasteiger partial charge is 0.0874 e. The molecule has 1 heterocycles. The predicted molar refractivity (Wildman–Crippen MR) is 102 cm³/mol. The molecular formula is C21H37ClN+. The Morgan fingerprint density at radius 2 is 1.17 bits per heavy atom. The molecule has 23 heavy (non-hydrogen) atoms. The summed E-state index contributed by atoms with van der Waals surface area (Å²) in [6.07, 6.45) is 22.8. The molecule has 0 atom stereocenters. The summed E-state index contributed by atoms with van der Waals surface area (Å²) < 4.78 is 1.72. The van der Waals surface area contributed by atoms with E-state index in [9.17, 15) is 0 Å². The highest BCUT2D eigenvalue weighted by Gasteiger charge is 2.06. The van der Waals surface area contributed by atoms with E-state index in [1.165, 1.54) is 95.6 Å². The number of halogens is 1. The molecule has 0 spiro atoms. The van der Waals surface area contributed by atoms with E-state index in [2.05, 4.69) is 19.1 Å². The van der Waals surface area contributed by atoms with E-state index in [-0.39, 0.29) is 0 Å². The molecule has 0 saturated heterocycles. The fraction of sp³-hybridized carbons (Fsp3) is 0.762. The van der Waals surface area contributed by atoms with Gasteiger partial charge >= 0.3 is 0 Å². The summed E-state index contributed by atoms with van der Waals surface area (Å²) in [6.45, 7) is 2.29. The molecule has 1 aromatic heterocycles. The van der Waals surface area contributed by atoms with Gasteiger partial charge in [-0.05, 0) is 12.5 Å². The Morgan fingerprint density at radius 1 is 0.696 bits per heavy atom. The standard InChI is InChI=1S/C21H37ClN/c1-2-3-4-5-6-7-8-9-10-11-12-13-14-15-18-21-19-16-17-20-23(21)22/h16-17,19-20H,2-15,18H2,1H3/q+1. The zero-order chi connectivity index (χ0) is 16.6. The normalized spacial score (nSPS) is 11.0. The molecule has 0 amide bonds. The first-order chi connectivity index (χ1) is 11.3. The van der Waals surface area contributed by atoms with Crippen molar-refractivity contribution in [3.05, 3.63) is 30.1 Å². The van der Waals surface area contributed by atoms with Gasteiger partial charge in [-0.25, -0.2) is 0 Å². The van der Waals surface area contributed by atoms with Crippen LogP contribution in [-0.2, 0) is 6.42 Å². The van der Waals surface area contributed by atoms with Crippen LogP contribution in [0.5, 0.6) is 0 Å². The largest absolute Gasteiger partial charge is 0.268 e. The minimum absolute atomic E-state index is 1.10. The van der Waals surface area contributed by atoms with Crippen LogP contribution in [-0.4, -0.2) is 0 Å². The van der Waals surface area contributed by atoms with Gasteiger partial charge in [-0.15, -0.1) is 0 Å². The molecule has 0 aliphatic rings. The first-order valence-corrected chi connectivity index (χ1v) is 10.3. The Kier molecular flexibility index (Phi) is 13.4. The van der Waals surface area contributed by atoms with Crippen molar-refractivity contribution in [3.63, 3.8) is 0 Å². The van der Waals surface area contributed by atoms with Crippen LogP contribution in [0.2, 0.25) is 0 Å². The summed E-state index contributed by atoms with van der Waals surface area (Å²) in [5.41, 5.74) is 1.23. The second-order valence-corrected chi connectivity index (χ2v) is 7.21. The SMILES string of the molecule is CCCCCCCCCCCCCCCCc1cccc[n+]1Cl. The van der Waals surface area contributed by atoms with E-state index in [4.69, 9.17) is 11.8 Å². The zero-order valence-electron chi connectivity index (χ0n) is 15.2. The molecule has 0 bridgehead atoms. The van der Waals surface area contributed by atoms with Crippen molar-refractivity contribution in [2.45, 2.75) is 103 Å². The lowest BCUT2D eigenvalue weighted by Crippen LogP contribution is -2.25. The van der Waals surface area contributed by atoms with Gasteiger partial charge < -0.3 is 0 Å². The van der Waals surface area contributed by atoms with Crippen LogP contribution in [0, 0.1) is 0 Å². The Bertz CT molecular complexity index is 378. The summed E-state index contributed by atoms with van der Waals surface area (Å²) in [5.74, 6) is 0. The molecule has 0 fully saturated rings. The highest BCUT2D eigenvalue weighted by Crippen LogP contribution is 2.13. The van der Waals surface area contributed by atoms with Gasteiger partial charge in [0, 0.05) is 18.6 Å². The summed E-state index contributed by atoms with van der Waals surface area (Å²) in [6, 6.07) is 6.16. The van der Waals surface area contributed by atoms with E-state index >= 15 is 0 Å². The van der Waals surface area contributed by atoms with Gasteiger partial charge in [-0.3, -0.25) is 0 Å². The highest BCUT2D eigenvalue weighted by atomic mass is 35.5. The van der Waals surface area contributed by atoms with Crippen LogP contribution in [0.3, 0.4) is 0 Å². The van der Waals surface area contributed by atoms with Crippen LogP contribution in [0.25, 0.3) is 0 Å². The van der Waals surface area contributed by atoms with Gasteiger partial charge in [-0.2, -0.15) is 0 Å². The van der Waals surface area contributed by atoms with Crippen LogP contribution in [0.4, 0.5) is 0 Å². The molecule has 0 saturated carbocycles. The lowest BCUT2D eigenvalue weighted by molar-refractivity contribution is -0.529. The summed E-state index contributed by atoms with van der Waals surface area (Å²) in [5, 5.41) is 0. The molecule has 0 radical (unpaired) electrons. The molecule has 1 nitrogen and oxygen atoms in total. The number of pyridine rings is 1. The third-order valence-electron chi connectivity index (χ3n) is 4.68. The van der Waals surface area contributed by atoms with Crippen LogP contribution >= 0.6 is 11.8 Å². The van der Waals surface area contributed by atoms with E-state index in [1.54, 1.807) is 4.09 Å². The van der Waals surface area contributed by atoms with Gasteiger partial charge in [0.1, 0.15) is 0 Å². The molecule has 0 unspecified atom stereocenters. The van der Waals surface area contributed by atoms with Crippen molar-refractivity contribution in [1.82, 2.24) is 0 Å². The molecule has 132 valence electrons. The van der Waals surface area contributed by atoms with E-state index in [1.807, 2.05) is 12.3 Å². The van der Waals surface area contributed by atoms with E-state index in [0.29, 0.717) is 0 Å². The third kappa shape index (κ3) is 11.6. The molecular weight excluding hydrogens is 302 g/mol. The lowest BCUT2D eigenvalue weighted by atomic mass is 10.0. The Balaban J connectivity index is 1.79. The first kappa shape index (κ1) is 20.5. The number of unbranched alkanes of at least 4 members (excludes halogenated alkanes) is 13. The minimum atomic E-state index is 1.10. The van der Waals surface area contributed by atoms with Crippen molar-refractivity contribution in [1.29, 1.82) is 0 Å². The fourth-order valence-electron chi connectivity index (χ4n) is 3.15. The monoisotopic (exact) mass is 338 g/mol. The van der Waals surface area contributed by atoms with Crippen LogP contribution in [0.15, 0.2) is 24.4 Å². The average Bonchev–Trinajstić information content (AvgIpc) is 2.57. The van der Waals surface area contributed by atoms with E-state index in [0.717, 1.165) is 6.42 Å². The number of aromatic nitrogens is 1. The number of rotatable bonds is 15. The maximum absolute atomic E-state index is 6.10. The van der Waals surface area contributed by atoms with Gasteiger partial charge in [0.15, 0.2) is 6.20 Å². The van der Waals surface area contributed by atoms with Gasteiger partial charge in [0.2, 0.25) is 5.69 Å². The summed E-state index contributed by atoms with van der Waals surface area (Å²) >= 11 is 6.10. The second-order valence-electron chi connectivity index (χ2n) is 6.85. The van der Waals surface area contributed by atoms with Gasteiger partial charge in [0.05, 0.1) is 0 Å². The summed E-state index contributed by atoms with van der Waals surface area (Å²) in [4.78, 5) is 0. The van der Waals surface area contributed by atoms with Gasteiger partial charge in [-0.1, -0.05) is 94.5 Å². The molecule has 1 rings (SSSR count). The topological polar surface area (TPSA) is 3.88 Å². The van der Waals surface area contributed by atoms with Gasteiger partial charge in [0.25, 0.3) is 11.8 Å². The number of aryl methyl sites for hydroxylation is 1. The number of nitrogens with zero attached hydrogens (tertiary/aromatic N) is 1. The van der Waals surface area contributed by atoms with Crippen molar-refractivity contribution in [3.8, 4) is 0 Å². The van der Waals surface area contributed by atoms with Crippen LogP contribution in [0.1, 0.15) is 103 Å². The maximum Gasteiger partial charge on any atom is 0.268 e. The molecule has 2 heteroatoms. The summed E-state index contributed by atoms with van der Waals surface area (Å²) in [7, 11) is 0. The van der Waals surface area contributed by atoms with Crippen molar-refractivity contribution < 1.29 is 4.09 Å². The van der Waals surface area contributed by atoms with Crippen molar-refractivity contribution in [2.75, 3.05) is 0 Å². The average molecular weight is 339 g/mol. The maximum atomic E-state index is 6.10. The fourth-order valence-corrected chi connectivity index (χ4v) is 3.36. The second kappa shape index (κ2) is 15.0. The number of hydrogen-bond acceptors (Lipinski definition) is 0. The van der Waals surface area contributed by atoms with Crippen molar-refractivity contribution in [2.24, 2.45) is 0 Å². The Hall–Kier alpha value is -0.560. The zero-order valence-corrected chi connectivity index (χ0v) is 16.0. The molecule has 0 aliphatic carbocycles. The first-order valence-electron chi connectivity index (χ1n) is 10.0. The molecule has 0 aromatic carbocycles. The Labute approximate surface area is 149 Å². The number of hydrogen-bond donors (Lipinski definition) is 0. The molecule has 0 aliphatic heterocycles. The lowest BCUT2D eigenvalue weighted by Gasteiger charge is -2.03. The van der Waals surface area contributed by atoms with Crippen molar-refractivity contribution >= 4 is 11.8 Å². The quantitative estimate of drug-likeness (QED) is 0.303. The molecule has 0 N–H and O–H groups in total. The van der Waals surface area contributed by atoms with E-state index < -0.39 is 0 Å². The Morgan fingerprint density at radius 3 is 1.65 bits per heavy atom. The van der Waals surface area contributed by atoms with Crippen LogP contribution < -0.4 is 4.09 Å². The molecule has 1 aromatic rings. The third-order valence-corrected chi connectivity index (χ3v) is 5.01. The predicted octanol–water partition coefficient (Wildman–Crippen LogP) is 7.00. The minimum Gasteiger partial charge on any atom is -0.0874 e.